The Bertz CT molecular complexity index is 404. The summed E-state index contributed by atoms with van der Waals surface area (Å²) in [4.78, 5) is 0.727. The molecule has 0 saturated heterocycles. The van der Waals surface area contributed by atoms with Gasteiger partial charge in [-0.05, 0) is 11.6 Å². The molecule has 0 aliphatic rings. The van der Waals surface area contributed by atoms with Crippen molar-refractivity contribution in [2.75, 3.05) is 6.61 Å². The largest absolute Gasteiger partial charge is 0.390 e. The average molecular weight is 275 g/mol. The first-order valence-corrected chi connectivity index (χ1v) is 6.51. The number of thioether (sulfide) groups is 1. The van der Waals surface area contributed by atoms with Crippen molar-refractivity contribution in [3.8, 4) is 0 Å². The van der Waals surface area contributed by atoms with E-state index in [4.69, 9.17) is 10.8 Å². The zero-order chi connectivity index (χ0) is 14.0. The smallest absolute Gasteiger partial charge is 0.289 e. The molecule has 2 nitrogen and oxygen atoms in total. The Balaban J connectivity index is 3.09. The van der Waals surface area contributed by atoms with Crippen LogP contribution in [0.5, 0.6) is 0 Å². The van der Waals surface area contributed by atoms with E-state index in [1.165, 1.54) is 11.8 Å². The highest BCUT2D eigenvalue weighted by atomic mass is 32.2. The lowest BCUT2D eigenvalue weighted by Crippen LogP contribution is -2.36. The summed E-state index contributed by atoms with van der Waals surface area (Å²) in [7, 11) is 0. The summed E-state index contributed by atoms with van der Waals surface area (Å²) in [5.41, 5.74) is 5.95. The van der Waals surface area contributed by atoms with Crippen LogP contribution in [0.3, 0.4) is 0 Å². The summed E-state index contributed by atoms with van der Waals surface area (Å²) in [5.74, 6) is -3.31. The number of benzene rings is 1. The number of aliphatic hydroxyl groups excluding tert-OH is 1. The van der Waals surface area contributed by atoms with Crippen LogP contribution in [-0.4, -0.2) is 22.4 Å². The van der Waals surface area contributed by atoms with Gasteiger partial charge in [-0.1, -0.05) is 39.0 Å². The molecular formula is C13H19F2NOS. The maximum atomic E-state index is 13.5. The number of halogens is 2. The third-order valence-corrected chi connectivity index (χ3v) is 3.54. The fraction of sp³-hybridized carbons (Fsp3) is 0.538. The van der Waals surface area contributed by atoms with Gasteiger partial charge in [-0.15, -0.1) is 11.8 Å². The third-order valence-electron chi connectivity index (χ3n) is 2.34. The number of hydrogen-bond acceptors (Lipinski definition) is 3. The van der Waals surface area contributed by atoms with Gasteiger partial charge in [-0.2, -0.15) is 0 Å². The summed E-state index contributed by atoms with van der Waals surface area (Å²) >= 11 is 1.49. The van der Waals surface area contributed by atoms with Crippen molar-refractivity contribution in [3.05, 3.63) is 29.8 Å². The normalized spacial score (nSPS) is 14.6. The third kappa shape index (κ3) is 3.93. The molecule has 0 aliphatic carbocycles. The van der Waals surface area contributed by atoms with Crippen LogP contribution in [0.25, 0.3) is 0 Å². The predicted molar refractivity (Wildman–Crippen MR) is 71.0 cm³/mol. The van der Waals surface area contributed by atoms with Gasteiger partial charge >= 0.3 is 0 Å². The molecule has 0 fully saturated rings. The second-order valence-corrected chi connectivity index (χ2v) is 7.02. The fourth-order valence-electron chi connectivity index (χ4n) is 1.49. The van der Waals surface area contributed by atoms with Crippen LogP contribution in [0.1, 0.15) is 32.4 Å². The SMILES string of the molecule is CC(C)(C)Sc1ccccc1[C@@H](N)C(F)(F)CO. The van der Waals surface area contributed by atoms with Gasteiger partial charge in [0, 0.05) is 9.64 Å². The van der Waals surface area contributed by atoms with Crippen LogP contribution >= 0.6 is 11.8 Å². The molecule has 102 valence electrons. The van der Waals surface area contributed by atoms with Gasteiger partial charge in [0.05, 0.1) is 6.04 Å². The van der Waals surface area contributed by atoms with Crippen molar-refractivity contribution >= 4 is 11.8 Å². The molecule has 5 heteroatoms. The van der Waals surface area contributed by atoms with E-state index in [2.05, 4.69) is 0 Å². The van der Waals surface area contributed by atoms with Crippen LogP contribution in [0, 0.1) is 0 Å². The van der Waals surface area contributed by atoms with E-state index in [0.29, 0.717) is 5.56 Å². The molecule has 0 aliphatic heterocycles. The summed E-state index contributed by atoms with van der Waals surface area (Å²) < 4.78 is 26.8. The number of nitrogens with two attached hydrogens (primary N) is 1. The topological polar surface area (TPSA) is 46.2 Å². The first kappa shape index (κ1) is 15.4. The molecule has 18 heavy (non-hydrogen) atoms. The standard InChI is InChI=1S/C13H19F2NOS/c1-12(2,3)18-10-7-5-4-6-9(10)11(16)13(14,15)8-17/h4-7,11,17H,8,16H2,1-3H3/t11-/m1/s1. The number of alkyl halides is 2. The molecule has 0 radical (unpaired) electrons. The van der Waals surface area contributed by atoms with E-state index in [1.54, 1.807) is 24.3 Å². The molecule has 1 rings (SSSR count). The summed E-state index contributed by atoms with van der Waals surface area (Å²) in [5, 5.41) is 8.71. The van der Waals surface area contributed by atoms with Crippen molar-refractivity contribution < 1.29 is 13.9 Å². The monoisotopic (exact) mass is 275 g/mol. The molecule has 0 aromatic heterocycles. The van der Waals surface area contributed by atoms with Gasteiger partial charge < -0.3 is 10.8 Å². The Labute approximate surface area is 111 Å². The second kappa shape index (κ2) is 5.55. The first-order chi connectivity index (χ1) is 8.17. The number of hydrogen-bond donors (Lipinski definition) is 2. The lowest BCUT2D eigenvalue weighted by molar-refractivity contribution is -0.0717. The van der Waals surface area contributed by atoms with Crippen LogP contribution in [0.15, 0.2) is 29.2 Å². The molecule has 0 spiro atoms. The lowest BCUT2D eigenvalue weighted by Gasteiger charge is -2.26. The lowest BCUT2D eigenvalue weighted by atomic mass is 10.0. The minimum Gasteiger partial charge on any atom is -0.390 e. The molecule has 1 aromatic rings. The highest BCUT2D eigenvalue weighted by molar-refractivity contribution is 8.00. The van der Waals surface area contributed by atoms with E-state index in [9.17, 15) is 8.78 Å². The quantitative estimate of drug-likeness (QED) is 0.829. The minimum absolute atomic E-state index is 0.0929. The van der Waals surface area contributed by atoms with Crippen LogP contribution in [-0.2, 0) is 0 Å². The molecule has 0 heterocycles. The summed E-state index contributed by atoms with van der Waals surface area (Å²) in [6, 6.07) is 5.34. The molecule has 1 aromatic carbocycles. The number of rotatable bonds is 4. The summed E-state index contributed by atoms with van der Waals surface area (Å²) in [6.07, 6.45) is 0. The zero-order valence-corrected chi connectivity index (χ0v) is 11.6. The Hall–Kier alpha value is -0.650. The van der Waals surface area contributed by atoms with Gasteiger partial charge in [-0.3, -0.25) is 0 Å². The Morgan fingerprint density at radius 2 is 1.83 bits per heavy atom. The van der Waals surface area contributed by atoms with Gasteiger partial charge in [0.1, 0.15) is 6.61 Å². The van der Waals surface area contributed by atoms with Crippen LogP contribution in [0.2, 0.25) is 0 Å². The van der Waals surface area contributed by atoms with Gasteiger partial charge in [0.2, 0.25) is 0 Å². The Morgan fingerprint density at radius 1 is 1.28 bits per heavy atom. The van der Waals surface area contributed by atoms with Crippen molar-refractivity contribution in [3.63, 3.8) is 0 Å². The Morgan fingerprint density at radius 3 is 2.33 bits per heavy atom. The molecule has 0 saturated carbocycles. The second-order valence-electron chi connectivity index (χ2n) is 5.15. The number of aliphatic hydroxyl groups is 1. The molecule has 0 bridgehead atoms. The highest BCUT2D eigenvalue weighted by Gasteiger charge is 2.38. The molecular weight excluding hydrogens is 256 g/mol. The van der Waals surface area contributed by atoms with E-state index in [-0.39, 0.29) is 4.75 Å². The molecule has 1 atom stereocenters. The van der Waals surface area contributed by atoms with Crippen LogP contribution < -0.4 is 5.73 Å². The first-order valence-electron chi connectivity index (χ1n) is 5.69. The minimum atomic E-state index is -3.31. The van der Waals surface area contributed by atoms with E-state index < -0.39 is 18.6 Å². The van der Waals surface area contributed by atoms with E-state index in [0.717, 1.165) is 4.90 Å². The maximum Gasteiger partial charge on any atom is 0.289 e. The van der Waals surface area contributed by atoms with Gasteiger partial charge in [0.15, 0.2) is 0 Å². The van der Waals surface area contributed by atoms with E-state index in [1.807, 2.05) is 20.8 Å². The molecule has 0 unspecified atom stereocenters. The summed E-state index contributed by atoms with van der Waals surface area (Å²) in [6.45, 7) is 4.77. The Kier molecular flexibility index (Phi) is 4.75. The van der Waals surface area contributed by atoms with Crippen molar-refractivity contribution in [2.45, 2.75) is 42.4 Å². The van der Waals surface area contributed by atoms with Crippen molar-refractivity contribution in [1.29, 1.82) is 0 Å². The maximum absolute atomic E-state index is 13.5. The van der Waals surface area contributed by atoms with Gasteiger partial charge in [-0.25, -0.2) is 8.78 Å². The van der Waals surface area contributed by atoms with Gasteiger partial charge in [0.25, 0.3) is 5.92 Å². The fourth-order valence-corrected chi connectivity index (χ4v) is 2.61. The van der Waals surface area contributed by atoms with Crippen molar-refractivity contribution in [2.24, 2.45) is 5.73 Å². The average Bonchev–Trinajstić information content (AvgIpc) is 2.26. The zero-order valence-electron chi connectivity index (χ0n) is 10.8. The molecule has 3 N–H and O–H groups in total. The molecule has 0 amide bonds. The predicted octanol–water partition coefficient (Wildman–Crippen LogP) is 3.20. The highest BCUT2D eigenvalue weighted by Crippen LogP contribution is 2.39. The van der Waals surface area contributed by atoms with Crippen LogP contribution in [0.4, 0.5) is 8.78 Å². The van der Waals surface area contributed by atoms with E-state index >= 15 is 0 Å². The van der Waals surface area contributed by atoms with Crippen molar-refractivity contribution in [1.82, 2.24) is 0 Å².